The number of carbonyl (C=O) groups excluding carboxylic acids is 1. The van der Waals surface area contributed by atoms with Crippen LogP contribution in [0.3, 0.4) is 0 Å². The van der Waals surface area contributed by atoms with Gasteiger partial charge in [0, 0.05) is 35.7 Å². The number of rotatable bonds is 8. The Morgan fingerprint density at radius 1 is 1.08 bits per heavy atom. The van der Waals surface area contributed by atoms with E-state index in [0.29, 0.717) is 18.4 Å². The van der Waals surface area contributed by atoms with Crippen molar-refractivity contribution in [3.63, 3.8) is 0 Å². The predicted molar refractivity (Wildman–Crippen MR) is 101 cm³/mol. The number of benzene rings is 2. The number of ketones is 1. The van der Waals surface area contributed by atoms with E-state index in [4.69, 9.17) is 0 Å². The molecule has 0 heterocycles. The number of allylic oxidation sites excluding steroid dienone is 2. The maximum absolute atomic E-state index is 12.5. The third-order valence-corrected chi connectivity index (χ3v) is 3.91. The van der Waals surface area contributed by atoms with E-state index < -0.39 is 0 Å². The Hall–Kier alpha value is -2.86. The second-order valence-corrected chi connectivity index (χ2v) is 6.37. The molecule has 0 radical (unpaired) electrons. The summed E-state index contributed by atoms with van der Waals surface area (Å²) in [5.41, 5.74) is 2.66. The van der Waals surface area contributed by atoms with Gasteiger partial charge in [0.2, 0.25) is 0 Å². The maximum atomic E-state index is 12.5. The average Bonchev–Trinajstić information content (AvgIpc) is 2.62. The molecular formula is C22H24N2O. The van der Waals surface area contributed by atoms with Crippen molar-refractivity contribution in [1.29, 1.82) is 5.26 Å². The van der Waals surface area contributed by atoms with Crippen LogP contribution in [0.25, 0.3) is 0 Å². The number of nitrogens with one attached hydrogen (secondary N) is 1. The lowest BCUT2D eigenvalue weighted by Gasteiger charge is -2.20. The fourth-order valence-electron chi connectivity index (χ4n) is 2.78. The summed E-state index contributed by atoms with van der Waals surface area (Å²) in [6, 6.07) is 21.7. The summed E-state index contributed by atoms with van der Waals surface area (Å²) in [6.45, 7) is 4.09. The lowest BCUT2D eigenvalue weighted by molar-refractivity contribution is 0.104. The van der Waals surface area contributed by atoms with Crippen LogP contribution in [0.15, 0.2) is 72.4 Å². The van der Waals surface area contributed by atoms with Crippen molar-refractivity contribution in [2.45, 2.75) is 38.6 Å². The highest BCUT2D eigenvalue weighted by molar-refractivity contribution is 6.04. The minimum atomic E-state index is -0.0208. The fourth-order valence-corrected chi connectivity index (χ4v) is 2.78. The average molecular weight is 332 g/mol. The van der Waals surface area contributed by atoms with E-state index in [0.717, 1.165) is 11.3 Å². The molecule has 25 heavy (non-hydrogen) atoms. The van der Waals surface area contributed by atoms with Crippen molar-refractivity contribution < 1.29 is 4.79 Å². The third kappa shape index (κ3) is 5.93. The van der Waals surface area contributed by atoms with E-state index in [-0.39, 0.29) is 17.7 Å². The van der Waals surface area contributed by atoms with Gasteiger partial charge in [0.1, 0.15) is 0 Å². The predicted octanol–water partition coefficient (Wildman–Crippen LogP) is 4.84. The molecule has 3 heteroatoms. The van der Waals surface area contributed by atoms with Crippen molar-refractivity contribution in [3.8, 4) is 6.07 Å². The van der Waals surface area contributed by atoms with Crippen LogP contribution in [-0.4, -0.2) is 11.8 Å². The molecule has 128 valence electrons. The molecule has 0 amide bonds. The molecule has 0 saturated heterocycles. The number of carbonyl (C=O) groups is 1. The van der Waals surface area contributed by atoms with Crippen LogP contribution in [0.5, 0.6) is 0 Å². The number of nitrogens with zero attached hydrogens (tertiary/aromatic N) is 1. The summed E-state index contributed by atoms with van der Waals surface area (Å²) in [5.74, 6) is 0.0415. The highest BCUT2D eigenvalue weighted by Gasteiger charge is 2.15. The minimum Gasteiger partial charge on any atom is -0.386 e. The maximum Gasteiger partial charge on any atom is 0.187 e. The molecular weight excluding hydrogens is 308 g/mol. The van der Waals surface area contributed by atoms with Gasteiger partial charge in [0.25, 0.3) is 0 Å². The van der Waals surface area contributed by atoms with E-state index in [1.165, 1.54) is 0 Å². The molecule has 0 aromatic heterocycles. The van der Waals surface area contributed by atoms with E-state index in [2.05, 4.69) is 11.4 Å². The highest BCUT2D eigenvalue weighted by Crippen LogP contribution is 2.26. The Bertz CT molecular complexity index is 743. The Kier molecular flexibility index (Phi) is 6.98. The molecule has 0 aliphatic carbocycles. The van der Waals surface area contributed by atoms with E-state index in [1.807, 2.05) is 74.5 Å². The SMILES string of the molecule is CC(C)N/C(=C\C(=O)c1ccccc1)CC(CC#N)c1ccccc1. The first-order valence-electron chi connectivity index (χ1n) is 8.58. The first kappa shape index (κ1) is 18.5. The molecule has 0 spiro atoms. The Morgan fingerprint density at radius 2 is 1.68 bits per heavy atom. The minimum absolute atomic E-state index is 0.0208. The number of hydrogen-bond acceptors (Lipinski definition) is 3. The van der Waals surface area contributed by atoms with E-state index in [1.54, 1.807) is 6.08 Å². The van der Waals surface area contributed by atoms with Crippen LogP contribution in [-0.2, 0) is 0 Å². The van der Waals surface area contributed by atoms with Gasteiger partial charge in [-0.25, -0.2) is 0 Å². The van der Waals surface area contributed by atoms with Crippen LogP contribution in [0, 0.1) is 11.3 Å². The monoisotopic (exact) mass is 332 g/mol. The lowest BCUT2D eigenvalue weighted by Crippen LogP contribution is -2.24. The summed E-state index contributed by atoms with van der Waals surface area (Å²) in [5, 5.41) is 12.6. The van der Waals surface area contributed by atoms with Gasteiger partial charge < -0.3 is 5.32 Å². The van der Waals surface area contributed by atoms with Crippen molar-refractivity contribution in [2.75, 3.05) is 0 Å². The van der Waals surface area contributed by atoms with Gasteiger partial charge in [-0.15, -0.1) is 0 Å². The molecule has 3 nitrogen and oxygen atoms in total. The first-order chi connectivity index (χ1) is 12.1. The summed E-state index contributed by atoms with van der Waals surface area (Å²) in [6.07, 6.45) is 2.72. The molecule has 0 fully saturated rings. The largest absolute Gasteiger partial charge is 0.386 e. The molecule has 2 aromatic carbocycles. The normalized spacial score (nSPS) is 12.5. The van der Waals surface area contributed by atoms with Crippen molar-refractivity contribution in [2.24, 2.45) is 0 Å². The number of nitriles is 1. The summed E-state index contributed by atoms with van der Waals surface area (Å²) >= 11 is 0. The highest BCUT2D eigenvalue weighted by atomic mass is 16.1. The van der Waals surface area contributed by atoms with Gasteiger partial charge in [0.05, 0.1) is 6.07 Å². The van der Waals surface area contributed by atoms with Gasteiger partial charge in [0.15, 0.2) is 5.78 Å². The quantitative estimate of drug-likeness (QED) is 0.556. The van der Waals surface area contributed by atoms with Crippen LogP contribution in [0.4, 0.5) is 0 Å². The molecule has 0 bridgehead atoms. The standard InChI is InChI=1S/C22H24N2O/c1-17(2)24-21(16-22(25)19-11-7-4-8-12-19)15-20(13-14-23)18-9-5-3-6-10-18/h3-12,16-17,20,24H,13,15H2,1-2H3/b21-16-. The third-order valence-electron chi connectivity index (χ3n) is 3.91. The molecule has 0 aliphatic heterocycles. The molecule has 0 saturated carbocycles. The van der Waals surface area contributed by atoms with Crippen molar-refractivity contribution in [1.82, 2.24) is 5.32 Å². The zero-order valence-electron chi connectivity index (χ0n) is 14.8. The molecule has 1 N–H and O–H groups in total. The fraction of sp³-hybridized carbons (Fsp3) is 0.273. The summed E-state index contributed by atoms with van der Waals surface area (Å²) < 4.78 is 0. The second-order valence-electron chi connectivity index (χ2n) is 6.37. The second kappa shape index (κ2) is 9.44. The van der Waals surface area contributed by atoms with Crippen LogP contribution < -0.4 is 5.32 Å². The summed E-state index contributed by atoms with van der Waals surface area (Å²) in [4.78, 5) is 12.5. The molecule has 2 rings (SSSR count). The Balaban J connectivity index is 2.25. The zero-order chi connectivity index (χ0) is 18.1. The summed E-state index contributed by atoms with van der Waals surface area (Å²) in [7, 11) is 0. The van der Waals surface area contributed by atoms with Crippen molar-refractivity contribution in [3.05, 3.63) is 83.6 Å². The lowest BCUT2D eigenvalue weighted by atomic mass is 9.91. The van der Waals surface area contributed by atoms with Gasteiger partial charge in [-0.2, -0.15) is 5.26 Å². The van der Waals surface area contributed by atoms with Crippen LogP contribution in [0.2, 0.25) is 0 Å². The first-order valence-corrected chi connectivity index (χ1v) is 8.58. The van der Waals surface area contributed by atoms with Gasteiger partial charge >= 0.3 is 0 Å². The van der Waals surface area contributed by atoms with Gasteiger partial charge in [-0.05, 0) is 25.8 Å². The van der Waals surface area contributed by atoms with Crippen LogP contribution in [0.1, 0.15) is 48.5 Å². The van der Waals surface area contributed by atoms with E-state index >= 15 is 0 Å². The zero-order valence-corrected chi connectivity index (χ0v) is 14.8. The molecule has 2 aromatic rings. The number of hydrogen-bond donors (Lipinski definition) is 1. The molecule has 0 aliphatic rings. The Labute approximate surface area is 150 Å². The van der Waals surface area contributed by atoms with Gasteiger partial charge in [-0.1, -0.05) is 60.7 Å². The van der Waals surface area contributed by atoms with Gasteiger partial charge in [-0.3, -0.25) is 4.79 Å². The Morgan fingerprint density at radius 3 is 2.24 bits per heavy atom. The smallest absolute Gasteiger partial charge is 0.187 e. The molecule has 1 unspecified atom stereocenters. The van der Waals surface area contributed by atoms with Crippen LogP contribution >= 0.6 is 0 Å². The van der Waals surface area contributed by atoms with Crippen molar-refractivity contribution >= 4 is 5.78 Å². The molecule has 1 atom stereocenters. The topological polar surface area (TPSA) is 52.9 Å². The van der Waals surface area contributed by atoms with E-state index in [9.17, 15) is 10.1 Å².